The van der Waals surface area contributed by atoms with E-state index in [1.54, 1.807) is 39.7 Å². The Balaban J connectivity index is 3.12. The first kappa shape index (κ1) is 18.8. The first-order chi connectivity index (χ1) is 11.0. The van der Waals surface area contributed by atoms with E-state index in [1.807, 2.05) is 13.8 Å². The van der Waals surface area contributed by atoms with Crippen molar-refractivity contribution in [1.29, 1.82) is 0 Å². The number of esters is 1. The van der Waals surface area contributed by atoms with Crippen LogP contribution in [0.25, 0.3) is 0 Å². The quantitative estimate of drug-likeness (QED) is 0.543. The van der Waals surface area contributed by atoms with Gasteiger partial charge in [-0.25, -0.2) is 4.79 Å². The average molecular weight is 323 g/mol. The molecular formula is C17H25NO5. The Morgan fingerprint density at radius 2 is 1.65 bits per heavy atom. The summed E-state index contributed by atoms with van der Waals surface area (Å²) in [7, 11) is 6.01. The number of ether oxygens (including phenoxy) is 4. The third-order valence-corrected chi connectivity index (χ3v) is 3.26. The van der Waals surface area contributed by atoms with Gasteiger partial charge in [-0.15, -0.1) is 0 Å². The van der Waals surface area contributed by atoms with E-state index in [9.17, 15) is 4.79 Å². The summed E-state index contributed by atoms with van der Waals surface area (Å²) >= 11 is 0. The minimum Gasteiger partial charge on any atom is -0.493 e. The van der Waals surface area contributed by atoms with Gasteiger partial charge in [0.15, 0.2) is 11.5 Å². The molecule has 0 heterocycles. The summed E-state index contributed by atoms with van der Waals surface area (Å²) in [4.78, 5) is 16.2. The molecule has 0 amide bonds. The number of methoxy groups -OCH3 is 4. The van der Waals surface area contributed by atoms with E-state index in [0.717, 1.165) is 5.56 Å². The Kier molecular flexibility index (Phi) is 7.38. The van der Waals surface area contributed by atoms with Crippen molar-refractivity contribution in [3.63, 3.8) is 0 Å². The third-order valence-electron chi connectivity index (χ3n) is 3.26. The van der Waals surface area contributed by atoms with Gasteiger partial charge in [0, 0.05) is 6.21 Å². The van der Waals surface area contributed by atoms with Crippen molar-refractivity contribution in [3.05, 3.63) is 17.7 Å². The molecule has 0 fully saturated rings. The van der Waals surface area contributed by atoms with E-state index in [1.165, 1.54) is 7.11 Å². The van der Waals surface area contributed by atoms with Gasteiger partial charge in [-0.1, -0.05) is 13.8 Å². The molecule has 128 valence electrons. The molecule has 0 radical (unpaired) electrons. The molecule has 0 aliphatic heterocycles. The number of aliphatic imine (C=N–C) groups is 1. The van der Waals surface area contributed by atoms with Crippen LogP contribution in [0.2, 0.25) is 0 Å². The van der Waals surface area contributed by atoms with E-state index in [-0.39, 0.29) is 5.97 Å². The van der Waals surface area contributed by atoms with Crippen molar-refractivity contribution < 1.29 is 23.7 Å². The molecule has 0 bridgehead atoms. The maximum Gasteiger partial charge on any atom is 0.330 e. The molecule has 23 heavy (non-hydrogen) atoms. The van der Waals surface area contributed by atoms with Crippen molar-refractivity contribution in [2.45, 2.75) is 26.3 Å². The number of benzene rings is 1. The third kappa shape index (κ3) is 5.16. The van der Waals surface area contributed by atoms with Crippen LogP contribution in [0.3, 0.4) is 0 Å². The zero-order valence-electron chi connectivity index (χ0n) is 14.6. The fourth-order valence-electron chi connectivity index (χ4n) is 2.15. The Morgan fingerprint density at radius 1 is 1.09 bits per heavy atom. The summed E-state index contributed by atoms with van der Waals surface area (Å²) in [5.41, 5.74) is 0.747. The van der Waals surface area contributed by atoms with Gasteiger partial charge < -0.3 is 18.9 Å². The fraction of sp³-hybridized carbons (Fsp3) is 0.529. The van der Waals surface area contributed by atoms with Crippen LogP contribution in [0, 0.1) is 5.92 Å². The number of carbonyl (C=O) groups is 1. The Bertz CT molecular complexity index is 529. The molecule has 0 saturated heterocycles. The van der Waals surface area contributed by atoms with Crippen molar-refractivity contribution >= 4 is 12.2 Å². The highest BCUT2D eigenvalue weighted by atomic mass is 16.5. The van der Waals surface area contributed by atoms with Crippen LogP contribution in [0.4, 0.5) is 0 Å². The molecule has 1 atom stereocenters. The number of hydrogen-bond donors (Lipinski definition) is 0. The number of nitrogens with zero attached hydrogens (tertiary/aromatic N) is 1. The summed E-state index contributed by atoms with van der Waals surface area (Å²) in [5, 5.41) is 0. The molecular weight excluding hydrogens is 298 g/mol. The molecule has 0 aliphatic rings. The first-order valence-corrected chi connectivity index (χ1v) is 7.37. The van der Waals surface area contributed by atoms with Gasteiger partial charge in [0.25, 0.3) is 0 Å². The number of carbonyl (C=O) groups excluding carboxylic acids is 1. The van der Waals surface area contributed by atoms with Gasteiger partial charge >= 0.3 is 5.97 Å². The van der Waals surface area contributed by atoms with Crippen molar-refractivity contribution in [1.82, 2.24) is 0 Å². The van der Waals surface area contributed by atoms with E-state index in [4.69, 9.17) is 18.9 Å². The van der Waals surface area contributed by atoms with Crippen LogP contribution in [0.1, 0.15) is 25.8 Å². The minimum atomic E-state index is -0.529. The normalized spacial score (nSPS) is 12.3. The molecule has 0 aliphatic carbocycles. The lowest BCUT2D eigenvalue weighted by Gasteiger charge is -2.14. The molecule has 1 unspecified atom stereocenters. The van der Waals surface area contributed by atoms with Gasteiger partial charge in [0.2, 0.25) is 5.75 Å². The van der Waals surface area contributed by atoms with E-state index in [0.29, 0.717) is 29.6 Å². The van der Waals surface area contributed by atoms with Gasteiger partial charge in [0.05, 0.1) is 28.4 Å². The van der Waals surface area contributed by atoms with Crippen molar-refractivity contribution in [2.75, 3.05) is 28.4 Å². The predicted molar refractivity (Wildman–Crippen MR) is 89.0 cm³/mol. The SMILES string of the molecule is COC(=O)C(CC(C)C)N=Cc1cc(OC)c(OC)c(OC)c1. The smallest absolute Gasteiger partial charge is 0.330 e. The lowest BCUT2D eigenvalue weighted by molar-refractivity contribution is -0.142. The Labute approximate surface area is 137 Å². The van der Waals surface area contributed by atoms with Crippen molar-refractivity contribution in [3.8, 4) is 17.2 Å². The molecule has 0 aromatic heterocycles. The second-order valence-electron chi connectivity index (χ2n) is 5.41. The van der Waals surface area contributed by atoms with Crippen LogP contribution in [0.15, 0.2) is 17.1 Å². The molecule has 1 rings (SSSR count). The standard InChI is InChI=1S/C17H25NO5/c1-11(2)7-13(17(19)23-6)18-10-12-8-14(20-3)16(22-5)15(9-12)21-4/h8-11,13H,7H2,1-6H3. The topological polar surface area (TPSA) is 66.4 Å². The highest BCUT2D eigenvalue weighted by Crippen LogP contribution is 2.37. The highest BCUT2D eigenvalue weighted by Gasteiger charge is 2.19. The summed E-state index contributed by atoms with van der Waals surface area (Å²) in [6.07, 6.45) is 2.24. The summed E-state index contributed by atoms with van der Waals surface area (Å²) in [6, 6.07) is 3.02. The molecule has 1 aromatic rings. The maximum atomic E-state index is 11.8. The largest absolute Gasteiger partial charge is 0.493 e. The van der Waals surface area contributed by atoms with E-state index < -0.39 is 6.04 Å². The summed E-state index contributed by atoms with van der Waals surface area (Å²) < 4.78 is 20.7. The highest BCUT2D eigenvalue weighted by molar-refractivity contribution is 5.85. The van der Waals surface area contributed by atoms with Crippen LogP contribution < -0.4 is 14.2 Å². The van der Waals surface area contributed by atoms with Crippen LogP contribution in [-0.4, -0.2) is 46.7 Å². The maximum absolute atomic E-state index is 11.8. The average Bonchev–Trinajstić information content (AvgIpc) is 2.56. The Morgan fingerprint density at radius 3 is 2.04 bits per heavy atom. The number of rotatable bonds is 8. The van der Waals surface area contributed by atoms with E-state index in [2.05, 4.69) is 4.99 Å². The zero-order valence-corrected chi connectivity index (χ0v) is 14.6. The van der Waals surface area contributed by atoms with Gasteiger partial charge in [-0.2, -0.15) is 0 Å². The van der Waals surface area contributed by atoms with Crippen molar-refractivity contribution in [2.24, 2.45) is 10.9 Å². The monoisotopic (exact) mass is 323 g/mol. The molecule has 6 heteroatoms. The van der Waals surface area contributed by atoms with Crippen LogP contribution in [0.5, 0.6) is 17.2 Å². The molecule has 0 saturated carbocycles. The minimum absolute atomic E-state index is 0.330. The lowest BCUT2D eigenvalue weighted by atomic mass is 10.0. The van der Waals surface area contributed by atoms with Gasteiger partial charge in [-0.3, -0.25) is 4.99 Å². The summed E-state index contributed by atoms with van der Waals surface area (Å²) in [6.45, 7) is 4.07. The molecule has 1 aromatic carbocycles. The van der Waals surface area contributed by atoms with Crippen LogP contribution in [-0.2, 0) is 9.53 Å². The van der Waals surface area contributed by atoms with Crippen LogP contribution >= 0.6 is 0 Å². The zero-order chi connectivity index (χ0) is 17.4. The van der Waals surface area contributed by atoms with E-state index >= 15 is 0 Å². The second kappa shape index (κ2) is 9.02. The molecule has 0 spiro atoms. The molecule has 0 N–H and O–H groups in total. The fourth-order valence-corrected chi connectivity index (χ4v) is 2.15. The Hall–Kier alpha value is -2.24. The number of hydrogen-bond acceptors (Lipinski definition) is 6. The predicted octanol–water partition coefficient (Wildman–Crippen LogP) is 2.72. The lowest BCUT2D eigenvalue weighted by Crippen LogP contribution is -2.22. The summed E-state index contributed by atoms with van der Waals surface area (Å²) in [5.74, 6) is 1.57. The van der Waals surface area contributed by atoms with Gasteiger partial charge in [-0.05, 0) is 30.0 Å². The molecule has 6 nitrogen and oxygen atoms in total. The van der Waals surface area contributed by atoms with Gasteiger partial charge in [0.1, 0.15) is 6.04 Å². The first-order valence-electron chi connectivity index (χ1n) is 7.37. The second-order valence-corrected chi connectivity index (χ2v) is 5.41.